The van der Waals surface area contributed by atoms with Gasteiger partial charge in [0, 0.05) is 18.6 Å². The van der Waals surface area contributed by atoms with Gasteiger partial charge in [0.25, 0.3) is 5.91 Å². The highest BCUT2D eigenvalue weighted by Gasteiger charge is 2.21. The van der Waals surface area contributed by atoms with Crippen LogP contribution in [-0.4, -0.2) is 51.1 Å². The first-order valence-electron chi connectivity index (χ1n) is 9.03. The van der Waals surface area contributed by atoms with Gasteiger partial charge in [0.1, 0.15) is 11.7 Å². The SMILES string of the molecule is CC(C)C[C@H](N)B(O)O.O=C(N[C@@H](Cc1ccccc1)C(=O)O)c1ccc[nH]1. The number of carboxylic acid groups (broad SMARTS) is 1. The standard InChI is InChI=1S/C14H14N2O3.C5H14BNO2/c17-13(11-7-4-8-15-11)16-12(14(18)19)9-10-5-2-1-3-6-10;1-4(2)3-5(7)6(8)9/h1-8,12,15H,9H2,(H,16,17)(H,18,19);4-5,8-9H,3,7H2,1-2H3/t12-;5-/m00/s1. The van der Waals surface area contributed by atoms with Crippen molar-refractivity contribution in [1.82, 2.24) is 10.3 Å². The summed E-state index contributed by atoms with van der Waals surface area (Å²) in [6.07, 6.45) is 2.52. The van der Waals surface area contributed by atoms with E-state index in [1.54, 1.807) is 18.3 Å². The average Bonchev–Trinajstić information content (AvgIpc) is 3.16. The molecule has 0 aliphatic heterocycles. The largest absolute Gasteiger partial charge is 0.480 e. The fourth-order valence-electron chi connectivity index (χ4n) is 2.42. The smallest absolute Gasteiger partial charge is 0.469 e. The van der Waals surface area contributed by atoms with Gasteiger partial charge >= 0.3 is 13.1 Å². The van der Waals surface area contributed by atoms with E-state index in [0.29, 0.717) is 18.0 Å². The van der Waals surface area contributed by atoms with E-state index in [-0.39, 0.29) is 6.42 Å². The molecule has 152 valence electrons. The molecule has 0 saturated carbocycles. The molecule has 2 aromatic rings. The van der Waals surface area contributed by atoms with Gasteiger partial charge in [-0.05, 0) is 30.0 Å². The Morgan fingerprint density at radius 2 is 1.79 bits per heavy atom. The van der Waals surface area contributed by atoms with E-state index in [0.717, 1.165) is 5.56 Å². The predicted molar refractivity (Wildman–Crippen MR) is 107 cm³/mol. The van der Waals surface area contributed by atoms with Gasteiger partial charge in [0.15, 0.2) is 0 Å². The number of amides is 1. The molecule has 9 heteroatoms. The third kappa shape index (κ3) is 8.85. The summed E-state index contributed by atoms with van der Waals surface area (Å²) in [5, 5.41) is 28.7. The van der Waals surface area contributed by atoms with Gasteiger partial charge in [-0.25, -0.2) is 4.79 Å². The Bertz CT molecular complexity index is 708. The van der Waals surface area contributed by atoms with Crippen molar-refractivity contribution in [3.8, 4) is 0 Å². The van der Waals surface area contributed by atoms with Gasteiger partial charge in [-0.15, -0.1) is 0 Å². The van der Waals surface area contributed by atoms with E-state index in [1.807, 2.05) is 44.2 Å². The maximum absolute atomic E-state index is 11.8. The minimum absolute atomic E-state index is 0.253. The normalized spacial score (nSPS) is 12.5. The van der Waals surface area contributed by atoms with Crippen LogP contribution in [0.15, 0.2) is 48.7 Å². The molecule has 0 saturated heterocycles. The molecule has 2 atom stereocenters. The third-order valence-electron chi connectivity index (χ3n) is 3.86. The Balaban J connectivity index is 0.000000370. The molecular weight excluding hydrogens is 361 g/mol. The molecular formula is C19H28BN3O5. The second-order valence-electron chi connectivity index (χ2n) is 6.84. The number of H-pyrrole nitrogens is 1. The van der Waals surface area contributed by atoms with Crippen molar-refractivity contribution >= 4 is 19.0 Å². The summed E-state index contributed by atoms with van der Waals surface area (Å²) in [6.45, 7) is 3.98. The Morgan fingerprint density at radius 3 is 2.21 bits per heavy atom. The van der Waals surface area contributed by atoms with E-state index in [1.165, 1.54) is 0 Å². The highest BCUT2D eigenvalue weighted by atomic mass is 16.4. The lowest BCUT2D eigenvalue weighted by atomic mass is 9.76. The van der Waals surface area contributed by atoms with E-state index in [4.69, 9.17) is 20.9 Å². The van der Waals surface area contributed by atoms with Crippen LogP contribution < -0.4 is 11.1 Å². The average molecular weight is 389 g/mol. The van der Waals surface area contributed by atoms with Crippen LogP contribution in [0.3, 0.4) is 0 Å². The number of carbonyl (C=O) groups is 2. The maximum Gasteiger partial charge on any atom is 0.469 e. The van der Waals surface area contributed by atoms with Crippen molar-refractivity contribution in [3.05, 3.63) is 59.9 Å². The lowest BCUT2D eigenvalue weighted by Gasteiger charge is -2.14. The first-order chi connectivity index (χ1) is 13.2. The van der Waals surface area contributed by atoms with Gasteiger partial charge in [-0.1, -0.05) is 44.2 Å². The molecule has 8 nitrogen and oxygen atoms in total. The van der Waals surface area contributed by atoms with Crippen LogP contribution in [0.25, 0.3) is 0 Å². The monoisotopic (exact) mass is 389 g/mol. The molecule has 0 fully saturated rings. The summed E-state index contributed by atoms with van der Waals surface area (Å²) in [7, 11) is -1.37. The van der Waals surface area contributed by atoms with Crippen LogP contribution in [0, 0.1) is 5.92 Å². The molecule has 0 spiro atoms. The number of aliphatic carboxylic acids is 1. The zero-order chi connectivity index (χ0) is 21.1. The lowest BCUT2D eigenvalue weighted by Crippen LogP contribution is -2.42. The van der Waals surface area contributed by atoms with Crippen LogP contribution >= 0.6 is 0 Å². The third-order valence-corrected chi connectivity index (χ3v) is 3.86. The van der Waals surface area contributed by atoms with E-state index in [9.17, 15) is 9.59 Å². The molecule has 1 aromatic heterocycles. The summed E-state index contributed by atoms with van der Waals surface area (Å²) in [5.74, 6) is -1.55. The summed E-state index contributed by atoms with van der Waals surface area (Å²) in [4.78, 5) is 25.7. The van der Waals surface area contributed by atoms with Gasteiger partial charge in [-0.2, -0.15) is 0 Å². The molecule has 1 aromatic carbocycles. The van der Waals surface area contributed by atoms with E-state index >= 15 is 0 Å². The van der Waals surface area contributed by atoms with E-state index < -0.39 is 31.0 Å². The number of hydrogen-bond donors (Lipinski definition) is 6. The first kappa shape index (κ1) is 23.4. The van der Waals surface area contributed by atoms with Crippen molar-refractivity contribution in [3.63, 3.8) is 0 Å². The number of rotatable bonds is 8. The minimum Gasteiger partial charge on any atom is -0.480 e. The highest BCUT2D eigenvalue weighted by molar-refractivity contribution is 6.43. The van der Waals surface area contributed by atoms with Crippen molar-refractivity contribution in [1.29, 1.82) is 0 Å². The molecule has 0 aliphatic rings. The molecule has 0 unspecified atom stereocenters. The van der Waals surface area contributed by atoms with Crippen molar-refractivity contribution in [2.75, 3.05) is 0 Å². The number of aromatic nitrogens is 1. The zero-order valence-corrected chi connectivity index (χ0v) is 16.1. The molecule has 0 radical (unpaired) electrons. The van der Waals surface area contributed by atoms with Gasteiger partial charge < -0.3 is 31.2 Å². The van der Waals surface area contributed by atoms with Gasteiger partial charge in [0.2, 0.25) is 0 Å². The van der Waals surface area contributed by atoms with Crippen LogP contribution in [0.1, 0.15) is 36.3 Å². The Labute approximate surface area is 164 Å². The summed E-state index contributed by atoms with van der Waals surface area (Å²) in [5.41, 5.74) is 6.53. The number of nitrogens with two attached hydrogens (primary N) is 1. The maximum atomic E-state index is 11.8. The highest BCUT2D eigenvalue weighted by Crippen LogP contribution is 2.05. The summed E-state index contributed by atoms with van der Waals surface area (Å²) in [6, 6.07) is 11.5. The van der Waals surface area contributed by atoms with Crippen LogP contribution in [0.4, 0.5) is 0 Å². The van der Waals surface area contributed by atoms with Crippen molar-refractivity contribution in [2.45, 2.75) is 38.7 Å². The minimum atomic E-state index is -1.37. The number of benzene rings is 1. The van der Waals surface area contributed by atoms with Crippen LogP contribution in [-0.2, 0) is 11.2 Å². The Kier molecular flexibility index (Phi) is 10.0. The number of hydrogen-bond acceptors (Lipinski definition) is 5. The number of carboxylic acids is 1. The molecule has 2 rings (SSSR count). The molecule has 0 aliphatic carbocycles. The second-order valence-corrected chi connectivity index (χ2v) is 6.84. The fraction of sp³-hybridized carbons (Fsp3) is 0.368. The molecule has 0 bridgehead atoms. The Morgan fingerprint density at radius 1 is 1.14 bits per heavy atom. The fourth-order valence-corrected chi connectivity index (χ4v) is 2.42. The summed E-state index contributed by atoms with van der Waals surface area (Å²) < 4.78 is 0. The molecule has 28 heavy (non-hydrogen) atoms. The second kappa shape index (κ2) is 12.0. The van der Waals surface area contributed by atoms with Gasteiger partial charge in [0.05, 0.1) is 0 Å². The predicted octanol–water partition coefficient (Wildman–Crippen LogP) is 0.812. The molecule has 7 N–H and O–H groups in total. The van der Waals surface area contributed by atoms with Crippen molar-refractivity contribution in [2.24, 2.45) is 11.7 Å². The molecule has 1 amide bonds. The van der Waals surface area contributed by atoms with E-state index in [2.05, 4.69) is 10.3 Å². The summed E-state index contributed by atoms with van der Waals surface area (Å²) >= 11 is 0. The number of nitrogens with one attached hydrogen (secondary N) is 2. The zero-order valence-electron chi connectivity index (χ0n) is 16.1. The quantitative estimate of drug-likeness (QED) is 0.368. The number of aromatic amines is 1. The van der Waals surface area contributed by atoms with Crippen molar-refractivity contribution < 1.29 is 24.7 Å². The topological polar surface area (TPSA) is 149 Å². The first-order valence-corrected chi connectivity index (χ1v) is 9.03. The molecule has 1 heterocycles. The van der Waals surface area contributed by atoms with Crippen LogP contribution in [0.5, 0.6) is 0 Å². The lowest BCUT2D eigenvalue weighted by molar-refractivity contribution is -0.139. The Hall–Kier alpha value is -2.62. The van der Waals surface area contributed by atoms with Crippen LogP contribution in [0.2, 0.25) is 0 Å². The number of carbonyl (C=O) groups excluding carboxylic acids is 1. The van der Waals surface area contributed by atoms with Gasteiger partial charge in [-0.3, -0.25) is 4.79 Å².